The fraction of sp³-hybridized carbons (Fsp3) is 0.941. The molecule has 5 nitrogen and oxygen atoms in total. The smallest absolute Gasteiger partial charge is 0.223 e. The number of halogens is 2. The Hall–Kier alpha value is -0.0700. The van der Waals surface area contributed by atoms with Gasteiger partial charge in [0.1, 0.15) is 0 Å². The number of rotatable bonds is 5. The Morgan fingerprint density at radius 2 is 1.83 bits per heavy atom. The van der Waals surface area contributed by atoms with Crippen LogP contribution < -0.4 is 10.6 Å². The Bertz CT molecular complexity index is 382. The largest absolute Gasteiger partial charge is 0.381 e. The summed E-state index contributed by atoms with van der Waals surface area (Å²) in [4.78, 5) is 15.1. The monoisotopic (exact) mass is 381 g/mol. The topological polar surface area (TPSA) is 53.6 Å². The van der Waals surface area contributed by atoms with Crippen LogP contribution in [-0.2, 0) is 9.53 Å². The van der Waals surface area contributed by atoms with E-state index in [1.807, 2.05) is 0 Å². The van der Waals surface area contributed by atoms with Crippen LogP contribution in [0.3, 0.4) is 0 Å². The Kier molecular flexibility index (Phi) is 9.31. The van der Waals surface area contributed by atoms with Crippen molar-refractivity contribution in [1.29, 1.82) is 0 Å². The van der Waals surface area contributed by atoms with Gasteiger partial charge in [-0.05, 0) is 57.8 Å². The van der Waals surface area contributed by atoms with Crippen LogP contribution in [-0.4, -0.2) is 62.3 Å². The van der Waals surface area contributed by atoms with Crippen LogP contribution in [0.4, 0.5) is 0 Å². The van der Waals surface area contributed by atoms with Gasteiger partial charge in [-0.2, -0.15) is 0 Å². The maximum absolute atomic E-state index is 12.5. The Morgan fingerprint density at radius 1 is 1.21 bits per heavy atom. The Morgan fingerprint density at radius 3 is 2.38 bits per heavy atom. The molecule has 0 aromatic heterocycles. The summed E-state index contributed by atoms with van der Waals surface area (Å²) in [5.41, 5.74) is 0.131. The van der Waals surface area contributed by atoms with E-state index in [1.54, 1.807) is 0 Å². The number of nitrogens with zero attached hydrogens (tertiary/aromatic N) is 1. The number of likely N-dealkylation sites (tertiary alicyclic amines) is 1. The van der Waals surface area contributed by atoms with Gasteiger partial charge in [0.25, 0.3) is 0 Å². The van der Waals surface area contributed by atoms with Crippen LogP contribution in [0.25, 0.3) is 0 Å². The maximum atomic E-state index is 12.5. The summed E-state index contributed by atoms with van der Waals surface area (Å²) in [6, 6.07) is 0. The summed E-state index contributed by atoms with van der Waals surface area (Å²) in [5.74, 6) is 0.870. The average molecular weight is 382 g/mol. The van der Waals surface area contributed by atoms with Gasteiger partial charge in [0.05, 0.1) is 0 Å². The van der Waals surface area contributed by atoms with Gasteiger partial charge in [-0.3, -0.25) is 9.69 Å². The van der Waals surface area contributed by atoms with Gasteiger partial charge >= 0.3 is 0 Å². The van der Waals surface area contributed by atoms with Gasteiger partial charge in [0.2, 0.25) is 5.91 Å². The molecule has 3 aliphatic rings. The van der Waals surface area contributed by atoms with Gasteiger partial charge in [-0.1, -0.05) is 13.3 Å². The third-order valence-corrected chi connectivity index (χ3v) is 5.98. The molecule has 0 aromatic rings. The molecule has 0 aromatic carbocycles. The van der Waals surface area contributed by atoms with E-state index in [4.69, 9.17) is 4.74 Å². The summed E-state index contributed by atoms with van der Waals surface area (Å²) < 4.78 is 5.59. The van der Waals surface area contributed by atoms with Crippen molar-refractivity contribution in [2.45, 2.75) is 44.6 Å². The summed E-state index contributed by atoms with van der Waals surface area (Å²) in [6.07, 6.45) is 6.03. The number of hydrogen-bond donors (Lipinski definition) is 2. The number of nitrogens with one attached hydrogen (secondary N) is 2. The molecule has 3 saturated heterocycles. The molecule has 3 rings (SSSR count). The molecule has 3 aliphatic heterocycles. The number of amides is 1. The molecular formula is C17H33Cl2N3O2. The van der Waals surface area contributed by atoms with Crippen molar-refractivity contribution < 1.29 is 9.53 Å². The number of ether oxygens (including phenoxy) is 1. The highest BCUT2D eigenvalue weighted by atomic mass is 35.5. The maximum Gasteiger partial charge on any atom is 0.223 e. The van der Waals surface area contributed by atoms with E-state index in [0.717, 1.165) is 45.7 Å². The molecular weight excluding hydrogens is 349 g/mol. The second-order valence-electron chi connectivity index (χ2n) is 7.31. The van der Waals surface area contributed by atoms with Gasteiger partial charge in [0.15, 0.2) is 0 Å². The van der Waals surface area contributed by atoms with Crippen molar-refractivity contribution in [2.75, 3.05) is 45.9 Å². The van der Waals surface area contributed by atoms with Crippen LogP contribution in [0.5, 0.6) is 0 Å². The first-order chi connectivity index (χ1) is 10.7. The number of carbonyl (C=O) groups is 1. The van der Waals surface area contributed by atoms with Gasteiger partial charge in [-0.15, -0.1) is 24.8 Å². The lowest BCUT2D eigenvalue weighted by molar-refractivity contribution is -0.128. The van der Waals surface area contributed by atoms with E-state index in [2.05, 4.69) is 22.5 Å². The van der Waals surface area contributed by atoms with Crippen LogP contribution >= 0.6 is 24.8 Å². The molecule has 3 heterocycles. The highest BCUT2D eigenvalue weighted by Crippen LogP contribution is 2.30. The van der Waals surface area contributed by atoms with Crippen molar-refractivity contribution in [3.63, 3.8) is 0 Å². The van der Waals surface area contributed by atoms with Crippen molar-refractivity contribution in [3.05, 3.63) is 0 Å². The Balaban J connectivity index is 0.00000144. The Labute approximate surface area is 158 Å². The van der Waals surface area contributed by atoms with Gasteiger partial charge in [-0.25, -0.2) is 0 Å². The third-order valence-electron chi connectivity index (χ3n) is 5.98. The first-order valence-electron chi connectivity index (χ1n) is 9.02. The zero-order valence-corrected chi connectivity index (χ0v) is 16.4. The highest BCUT2D eigenvalue weighted by Gasteiger charge is 2.39. The summed E-state index contributed by atoms with van der Waals surface area (Å²) >= 11 is 0. The number of hydrogen-bond acceptors (Lipinski definition) is 4. The third kappa shape index (κ3) is 4.98. The fourth-order valence-electron chi connectivity index (χ4n) is 4.02. The van der Waals surface area contributed by atoms with Crippen molar-refractivity contribution in [3.8, 4) is 0 Å². The zero-order chi connectivity index (χ0) is 15.4. The molecule has 2 N–H and O–H groups in total. The fourth-order valence-corrected chi connectivity index (χ4v) is 4.02. The first kappa shape index (κ1) is 22.0. The lowest BCUT2D eigenvalue weighted by atomic mass is 9.85. The summed E-state index contributed by atoms with van der Waals surface area (Å²) in [5, 5.41) is 6.53. The number of carbonyl (C=O) groups excluding carboxylic acids is 1. The van der Waals surface area contributed by atoms with E-state index in [1.165, 1.54) is 32.4 Å². The molecule has 1 unspecified atom stereocenters. The SMILES string of the molecule is CC(C(=O)NCC1(N2CCCCC2)CCOCC1)C1CNC1.Cl.Cl. The molecule has 142 valence electrons. The molecule has 0 aliphatic carbocycles. The molecule has 0 saturated carbocycles. The molecule has 3 fully saturated rings. The van der Waals surface area contributed by atoms with Crippen molar-refractivity contribution in [2.24, 2.45) is 11.8 Å². The summed E-state index contributed by atoms with van der Waals surface area (Å²) in [7, 11) is 0. The van der Waals surface area contributed by atoms with Crippen molar-refractivity contribution >= 4 is 30.7 Å². The predicted octanol–water partition coefficient (Wildman–Crippen LogP) is 1.84. The zero-order valence-electron chi connectivity index (χ0n) is 14.7. The average Bonchev–Trinajstić information content (AvgIpc) is 2.52. The molecule has 1 amide bonds. The van der Waals surface area contributed by atoms with Gasteiger partial charge in [0, 0.05) is 31.2 Å². The van der Waals surface area contributed by atoms with E-state index in [9.17, 15) is 4.79 Å². The van der Waals surface area contributed by atoms with Gasteiger partial charge < -0.3 is 15.4 Å². The molecule has 0 spiro atoms. The minimum absolute atomic E-state index is 0. The highest BCUT2D eigenvalue weighted by molar-refractivity contribution is 5.85. The van der Waals surface area contributed by atoms with E-state index >= 15 is 0 Å². The van der Waals surface area contributed by atoms with E-state index in [0.29, 0.717) is 5.92 Å². The number of piperidine rings is 1. The van der Waals surface area contributed by atoms with Crippen molar-refractivity contribution in [1.82, 2.24) is 15.5 Å². The molecule has 7 heteroatoms. The second-order valence-corrected chi connectivity index (χ2v) is 7.31. The van der Waals surface area contributed by atoms with E-state index in [-0.39, 0.29) is 42.2 Å². The molecule has 0 bridgehead atoms. The van der Waals surface area contributed by atoms with Crippen LogP contribution in [0.2, 0.25) is 0 Å². The lowest BCUT2D eigenvalue weighted by Crippen LogP contribution is -2.60. The minimum Gasteiger partial charge on any atom is -0.381 e. The van der Waals surface area contributed by atoms with Crippen LogP contribution in [0.15, 0.2) is 0 Å². The molecule has 1 atom stereocenters. The molecule has 24 heavy (non-hydrogen) atoms. The van der Waals surface area contributed by atoms with E-state index < -0.39 is 0 Å². The second kappa shape index (κ2) is 10.2. The standard InChI is InChI=1S/C17H31N3O2.2ClH/c1-14(15-11-18-12-15)16(21)19-13-17(5-9-22-10-6-17)20-7-3-2-4-8-20;;/h14-15,18H,2-13H2,1H3,(H,19,21);2*1H. The lowest BCUT2D eigenvalue weighted by Gasteiger charge is -2.48. The van der Waals surface area contributed by atoms with Crippen LogP contribution in [0.1, 0.15) is 39.0 Å². The first-order valence-corrected chi connectivity index (χ1v) is 9.02. The predicted molar refractivity (Wildman–Crippen MR) is 101 cm³/mol. The quantitative estimate of drug-likeness (QED) is 0.762. The normalized spacial score (nSPS) is 25.5. The molecule has 0 radical (unpaired) electrons. The minimum atomic E-state index is 0. The summed E-state index contributed by atoms with van der Waals surface area (Å²) in [6.45, 7) is 8.84. The van der Waals surface area contributed by atoms with Crippen LogP contribution in [0, 0.1) is 11.8 Å².